The fourth-order valence-electron chi connectivity index (χ4n) is 3.32. The van der Waals surface area contributed by atoms with Crippen LogP contribution in [0.25, 0.3) is 6.08 Å². The van der Waals surface area contributed by atoms with Crippen molar-refractivity contribution in [2.45, 2.75) is 119 Å². The summed E-state index contributed by atoms with van der Waals surface area (Å²) in [5.41, 5.74) is 3.16. The van der Waals surface area contributed by atoms with E-state index < -0.39 is 18.9 Å². The topological polar surface area (TPSA) is 107 Å². The van der Waals surface area contributed by atoms with Crippen molar-refractivity contribution in [1.82, 2.24) is 0 Å². The molecule has 0 amide bonds. The number of ether oxygens (including phenoxy) is 6. The third-order valence-corrected chi connectivity index (χ3v) is 5.61. The Labute approximate surface area is 226 Å². The van der Waals surface area contributed by atoms with E-state index in [1.54, 1.807) is 26.8 Å². The van der Waals surface area contributed by atoms with Gasteiger partial charge in [-0.15, -0.1) is 0 Å². The Kier molecular flexibility index (Phi) is 16.2. The lowest BCUT2D eigenvalue weighted by atomic mass is 9.98. The number of esters is 3. The minimum atomic E-state index is -0.716. The van der Waals surface area contributed by atoms with Gasteiger partial charge >= 0.3 is 17.9 Å². The molecule has 9 heteroatoms. The molecule has 0 saturated heterocycles. The van der Waals surface area contributed by atoms with Crippen LogP contribution in [0.4, 0.5) is 0 Å². The van der Waals surface area contributed by atoms with Gasteiger partial charge in [0.25, 0.3) is 0 Å². The molecule has 0 fully saturated rings. The molecule has 0 radical (unpaired) electrons. The van der Waals surface area contributed by atoms with Gasteiger partial charge in [0.15, 0.2) is 0 Å². The van der Waals surface area contributed by atoms with Crippen LogP contribution in [0.5, 0.6) is 0 Å². The van der Waals surface area contributed by atoms with Crippen LogP contribution in [0.2, 0.25) is 0 Å². The first-order chi connectivity index (χ1) is 18.2. The molecule has 0 aromatic heterocycles. The van der Waals surface area contributed by atoms with E-state index in [9.17, 15) is 14.4 Å². The summed E-state index contributed by atoms with van der Waals surface area (Å²) in [6.07, 6.45) is 1.79. The predicted octanol–water partition coefficient (Wildman–Crippen LogP) is 5.95. The van der Waals surface area contributed by atoms with Gasteiger partial charge in [-0.05, 0) is 34.4 Å². The molecule has 9 nitrogen and oxygen atoms in total. The zero-order chi connectivity index (χ0) is 28.5. The molecule has 0 heterocycles. The second-order valence-electron chi connectivity index (χ2n) is 8.50. The molecule has 0 saturated carbocycles. The van der Waals surface area contributed by atoms with Gasteiger partial charge in [0.2, 0.25) is 18.9 Å². The first kappa shape index (κ1) is 33.3. The quantitative estimate of drug-likeness (QED) is 0.120. The molecule has 214 valence electrons. The van der Waals surface area contributed by atoms with Crippen molar-refractivity contribution in [2.24, 2.45) is 0 Å². The van der Waals surface area contributed by atoms with Gasteiger partial charge in [-0.25, -0.2) is 0 Å². The molecule has 38 heavy (non-hydrogen) atoms. The van der Waals surface area contributed by atoms with E-state index in [1.165, 1.54) is 0 Å². The SMILES string of the molecule is C=Cc1cc(COC(CC)OC(=O)CC)c(COC(CC)OC(=O)CC)c(COC(CC)OC(=O)CC)c1. The second kappa shape index (κ2) is 18.5. The third kappa shape index (κ3) is 11.8. The summed E-state index contributed by atoms with van der Waals surface area (Å²) in [4.78, 5) is 35.4. The van der Waals surface area contributed by atoms with Crippen molar-refractivity contribution in [3.63, 3.8) is 0 Å². The van der Waals surface area contributed by atoms with Gasteiger partial charge in [0.05, 0.1) is 19.8 Å². The Morgan fingerprint density at radius 2 is 1.00 bits per heavy atom. The molecule has 0 aliphatic carbocycles. The summed E-state index contributed by atoms with van der Waals surface area (Å²) in [5, 5.41) is 0. The van der Waals surface area contributed by atoms with Crippen LogP contribution in [0, 0.1) is 0 Å². The van der Waals surface area contributed by atoms with E-state index in [-0.39, 0.29) is 57.0 Å². The van der Waals surface area contributed by atoms with Crippen molar-refractivity contribution in [2.75, 3.05) is 0 Å². The van der Waals surface area contributed by atoms with E-state index >= 15 is 0 Å². The molecule has 0 spiro atoms. The largest absolute Gasteiger partial charge is 0.436 e. The number of carbonyl (C=O) groups excluding carboxylic acids is 3. The summed E-state index contributed by atoms with van der Waals surface area (Å²) in [7, 11) is 0. The normalized spacial score (nSPS) is 13.3. The Bertz CT molecular complexity index is 845. The molecule has 0 N–H and O–H groups in total. The highest BCUT2D eigenvalue weighted by molar-refractivity contribution is 5.69. The average Bonchev–Trinajstić information content (AvgIpc) is 2.94. The van der Waals surface area contributed by atoms with Gasteiger partial charge in [-0.2, -0.15) is 0 Å². The summed E-state index contributed by atoms with van der Waals surface area (Å²) < 4.78 is 34.0. The monoisotopic (exact) mass is 536 g/mol. The molecular formula is C29H44O9. The van der Waals surface area contributed by atoms with Gasteiger partial charge < -0.3 is 28.4 Å². The van der Waals surface area contributed by atoms with Gasteiger partial charge in [-0.3, -0.25) is 14.4 Å². The maximum atomic E-state index is 11.8. The van der Waals surface area contributed by atoms with E-state index in [0.29, 0.717) is 19.3 Å². The van der Waals surface area contributed by atoms with Crippen LogP contribution < -0.4 is 0 Å². The number of rotatable bonds is 19. The molecule has 0 bridgehead atoms. The van der Waals surface area contributed by atoms with Gasteiger partial charge in [-0.1, -0.05) is 54.2 Å². The minimum Gasteiger partial charge on any atom is -0.436 e. The molecule has 3 atom stereocenters. The smallest absolute Gasteiger partial charge is 0.307 e. The van der Waals surface area contributed by atoms with E-state index in [1.807, 2.05) is 32.9 Å². The number of benzene rings is 1. The molecule has 0 aliphatic rings. The van der Waals surface area contributed by atoms with E-state index in [4.69, 9.17) is 28.4 Å². The van der Waals surface area contributed by atoms with Crippen LogP contribution in [0.15, 0.2) is 18.7 Å². The summed E-state index contributed by atoms with van der Waals surface area (Å²) in [6, 6.07) is 3.83. The fourth-order valence-corrected chi connectivity index (χ4v) is 3.32. The van der Waals surface area contributed by atoms with Gasteiger partial charge in [0.1, 0.15) is 0 Å². The lowest BCUT2D eigenvalue weighted by Gasteiger charge is -2.23. The lowest BCUT2D eigenvalue weighted by Crippen LogP contribution is -2.23. The van der Waals surface area contributed by atoms with Crippen molar-refractivity contribution in [3.8, 4) is 0 Å². The van der Waals surface area contributed by atoms with Crippen LogP contribution in [0.3, 0.4) is 0 Å². The standard InChI is InChI=1S/C29H44O9/c1-8-20-15-21(17-33-27(12-5)36-24(30)9-2)23(19-35-29(14-7)38-26(32)11-4)22(16-20)18-34-28(13-6)37-25(31)10-3/h8,15-16,27-29H,1,9-14,17-19H2,2-7H3. The molecular weight excluding hydrogens is 492 g/mol. The Balaban J connectivity index is 3.29. The zero-order valence-corrected chi connectivity index (χ0v) is 23.7. The highest BCUT2D eigenvalue weighted by Gasteiger charge is 2.20. The van der Waals surface area contributed by atoms with Crippen LogP contribution in [-0.4, -0.2) is 36.8 Å². The fraction of sp³-hybridized carbons (Fsp3) is 0.621. The first-order valence-electron chi connectivity index (χ1n) is 13.4. The van der Waals surface area contributed by atoms with Crippen molar-refractivity contribution >= 4 is 24.0 Å². The average molecular weight is 537 g/mol. The van der Waals surface area contributed by atoms with E-state index in [0.717, 1.165) is 22.3 Å². The van der Waals surface area contributed by atoms with Crippen LogP contribution >= 0.6 is 0 Å². The number of hydrogen-bond acceptors (Lipinski definition) is 9. The van der Waals surface area contributed by atoms with E-state index in [2.05, 4.69) is 6.58 Å². The Hall–Kier alpha value is -2.75. The molecule has 3 unspecified atom stereocenters. The summed E-state index contributed by atoms with van der Waals surface area (Å²) in [6.45, 7) is 15.0. The highest BCUT2D eigenvalue weighted by atomic mass is 16.7. The molecule has 1 aromatic rings. The third-order valence-electron chi connectivity index (χ3n) is 5.61. The zero-order valence-electron chi connectivity index (χ0n) is 23.7. The van der Waals surface area contributed by atoms with Crippen molar-refractivity contribution in [3.05, 3.63) is 41.0 Å². The lowest BCUT2D eigenvalue weighted by molar-refractivity contribution is -0.185. The predicted molar refractivity (Wildman–Crippen MR) is 142 cm³/mol. The summed E-state index contributed by atoms with van der Waals surface area (Å²) in [5.74, 6) is -1.03. The number of carbonyl (C=O) groups is 3. The number of hydrogen-bond donors (Lipinski definition) is 0. The van der Waals surface area contributed by atoms with Crippen molar-refractivity contribution in [1.29, 1.82) is 0 Å². The molecule has 0 aliphatic heterocycles. The molecule has 1 aromatic carbocycles. The Morgan fingerprint density at radius 1 is 0.658 bits per heavy atom. The Morgan fingerprint density at radius 3 is 1.29 bits per heavy atom. The maximum Gasteiger partial charge on any atom is 0.307 e. The minimum absolute atomic E-state index is 0.112. The van der Waals surface area contributed by atoms with Crippen LogP contribution in [0.1, 0.15) is 102 Å². The van der Waals surface area contributed by atoms with Crippen LogP contribution in [-0.2, 0) is 62.6 Å². The first-order valence-corrected chi connectivity index (χ1v) is 13.4. The highest BCUT2D eigenvalue weighted by Crippen LogP contribution is 2.25. The second-order valence-corrected chi connectivity index (χ2v) is 8.50. The van der Waals surface area contributed by atoms with Crippen molar-refractivity contribution < 1.29 is 42.8 Å². The summed E-state index contributed by atoms with van der Waals surface area (Å²) >= 11 is 0. The maximum absolute atomic E-state index is 11.8. The van der Waals surface area contributed by atoms with Gasteiger partial charge in [0, 0.05) is 38.5 Å². The molecule has 1 rings (SSSR count).